The molecule has 2 aromatic carbocycles. The molecule has 0 aliphatic rings. The van der Waals surface area contributed by atoms with E-state index in [9.17, 15) is 24.1 Å². The Bertz CT molecular complexity index is 1140. The average molecular weight is 428 g/mol. The second-order valence-corrected chi connectivity index (χ2v) is 6.33. The molecule has 3 rings (SSSR count). The Morgan fingerprint density at radius 1 is 1.19 bits per heavy atom. The third-order valence-electron chi connectivity index (χ3n) is 4.11. The van der Waals surface area contributed by atoms with Crippen molar-refractivity contribution in [2.24, 2.45) is 0 Å². The van der Waals surface area contributed by atoms with Gasteiger partial charge in [0.05, 0.1) is 29.0 Å². The minimum absolute atomic E-state index is 0.0357. The number of hydrogen-bond donors (Lipinski definition) is 1. The molecular formula is C20H17FN4O6. The van der Waals surface area contributed by atoms with Gasteiger partial charge in [-0.05, 0) is 37.3 Å². The fraction of sp³-hybridized carbons (Fsp3) is 0.150. The maximum absolute atomic E-state index is 13.2. The molecule has 11 heteroatoms. The van der Waals surface area contributed by atoms with Crippen LogP contribution in [0.1, 0.15) is 16.1 Å². The highest BCUT2D eigenvalue weighted by molar-refractivity contribution is 5.92. The number of nitrogens with one attached hydrogen (secondary N) is 1. The number of carbonyl (C=O) groups is 2. The van der Waals surface area contributed by atoms with Crippen LogP contribution < -0.4 is 10.1 Å². The van der Waals surface area contributed by atoms with E-state index in [-0.39, 0.29) is 11.3 Å². The standard InChI is InChI=1S/C20H17FN4O6/c1-12-9-18(24(23-12)15-6-4-14(21)5-7-15)22-19(26)11-31-17-10-13(20(27)30-2)3-8-16(17)25(28)29/h3-10H,11H2,1-2H3,(H,22,26). The molecule has 160 valence electrons. The van der Waals surface area contributed by atoms with Crippen molar-refractivity contribution in [1.29, 1.82) is 0 Å². The van der Waals surface area contributed by atoms with Crippen molar-refractivity contribution in [3.05, 3.63) is 75.7 Å². The lowest BCUT2D eigenvalue weighted by molar-refractivity contribution is -0.385. The van der Waals surface area contributed by atoms with E-state index in [2.05, 4.69) is 15.2 Å². The summed E-state index contributed by atoms with van der Waals surface area (Å²) in [6, 6.07) is 10.5. The summed E-state index contributed by atoms with van der Waals surface area (Å²) in [5.41, 5.74) is 0.746. The molecule has 0 aliphatic heterocycles. The van der Waals surface area contributed by atoms with Gasteiger partial charge in [-0.1, -0.05) is 0 Å². The van der Waals surface area contributed by atoms with E-state index in [1.54, 1.807) is 13.0 Å². The molecule has 1 aromatic heterocycles. The number of anilines is 1. The fourth-order valence-corrected chi connectivity index (χ4v) is 2.72. The Labute approximate surface area is 175 Å². The second-order valence-electron chi connectivity index (χ2n) is 6.33. The van der Waals surface area contributed by atoms with Crippen LogP contribution in [0.4, 0.5) is 15.9 Å². The van der Waals surface area contributed by atoms with Gasteiger partial charge in [0, 0.05) is 18.2 Å². The molecule has 0 saturated carbocycles. The highest BCUT2D eigenvalue weighted by Crippen LogP contribution is 2.28. The summed E-state index contributed by atoms with van der Waals surface area (Å²) in [5.74, 6) is -1.70. The SMILES string of the molecule is COC(=O)c1ccc([N+](=O)[O-])c(OCC(=O)Nc2cc(C)nn2-c2ccc(F)cc2)c1. The van der Waals surface area contributed by atoms with E-state index >= 15 is 0 Å². The molecule has 0 fully saturated rings. The molecule has 0 aliphatic carbocycles. The normalized spacial score (nSPS) is 10.4. The van der Waals surface area contributed by atoms with Crippen LogP contribution in [0.5, 0.6) is 5.75 Å². The number of nitrogens with zero attached hydrogens (tertiary/aromatic N) is 3. The van der Waals surface area contributed by atoms with Gasteiger partial charge in [0.15, 0.2) is 12.4 Å². The van der Waals surface area contributed by atoms with Crippen molar-refractivity contribution in [2.75, 3.05) is 19.0 Å². The lowest BCUT2D eigenvalue weighted by atomic mass is 10.2. The number of carbonyl (C=O) groups excluding carboxylic acids is 2. The zero-order valence-corrected chi connectivity index (χ0v) is 16.5. The molecule has 3 aromatic rings. The summed E-state index contributed by atoms with van der Waals surface area (Å²) in [5, 5.41) is 18.1. The summed E-state index contributed by atoms with van der Waals surface area (Å²) in [6.45, 7) is 1.15. The number of amides is 1. The number of halogens is 1. The van der Waals surface area contributed by atoms with Crippen molar-refractivity contribution in [3.8, 4) is 11.4 Å². The molecule has 0 radical (unpaired) electrons. The first-order valence-corrected chi connectivity index (χ1v) is 8.90. The number of rotatable bonds is 7. The van der Waals surface area contributed by atoms with E-state index in [4.69, 9.17) is 4.74 Å². The molecule has 0 saturated heterocycles. The lowest BCUT2D eigenvalue weighted by Crippen LogP contribution is -2.22. The topological polar surface area (TPSA) is 126 Å². The Hall–Kier alpha value is -4.28. The van der Waals surface area contributed by atoms with Crippen molar-refractivity contribution < 1.29 is 28.4 Å². The van der Waals surface area contributed by atoms with E-state index in [1.807, 2.05) is 0 Å². The van der Waals surface area contributed by atoms with Gasteiger partial charge in [0.2, 0.25) is 0 Å². The number of nitro benzene ring substituents is 1. The minimum Gasteiger partial charge on any atom is -0.477 e. The summed E-state index contributed by atoms with van der Waals surface area (Å²) in [7, 11) is 1.17. The summed E-state index contributed by atoms with van der Waals surface area (Å²) in [6.07, 6.45) is 0. The van der Waals surface area contributed by atoms with Crippen LogP contribution in [0.15, 0.2) is 48.5 Å². The van der Waals surface area contributed by atoms with Crippen LogP contribution in [0, 0.1) is 22.9 Å². The number of aryl methyl sites for hydroxylation is 1. The number of nitro groups is 1. The number of benzene rings is 2. The molecule has 1 amide bonds. The maximum atomic E-state index is 13.2. The third-order valence-corrected chi connectivity index (χ3v) is 4.11. The lowest BCUT2D eigenvalue weighted by Gasteiger charge is -2.10. The number of aromatic nitrogens is 2. The van der Waals surface area contributed by atoms with Crippen molar-refractivity contribution >= 4 is 23.4 Å². The molecular weight excluding hydrogens is 411 g/mol. The maximum Gasteiger partial charge on any atom is 0.337 e. The number of esters is 1. The highest BCUT2D eigenvalue weighted by Gasteiger charge is 2.20. The first-order chi connectivity index (χ1) is 14.8. The Morgan fingerprint density at radius 3 is 2.55 bits per heavy atom. The van der Waals surface area contributed by atoms with Gasteiger partial charge in [-0.3, -0.25) is 14.9 Å². The predicted octanol–water partition coefficient (Wildman–Crippen LogP) is 3.03. The summed E-state index contributed by atoms with van der Waals surface area (Å²) >= 11 is 0. The van der Waals surface area contributed by atoms with Gasteiger partial charge in [-0.15, -0.1) is 0 Å². The second kappa shape index (κ2) is 9.03. The van der Waals surface area contributed by atoms with Gasteiger partial charge in [-0.25, -0.2) is 13.9 Å². The van der Waals surface area contributed by atoms with Gasteiger partial charge in [-0.2, -0.15) is 5.10 Å². The average Bonchev–Trinajstić information content (AvgIpc) is 3.11. The van der Waals surface area contributed by atoms with Gasteiger partial charge < -0.3 is 14.8 Å². The van der Waals surface area contributed by atoms with Crippen LogP contribution >= 0.6 is 0 Å². The first kappa shape index (κ1) is 21.4. The Morgan fingerprint density at radius 2 is 1.90 bits per heavy atom. The predicted molar refractivity (Wildman–Crippen MR) is 107 cm³/mol. The first-order valence-electron chi connectivity index (χ1n) is 8.90. The summed E-state index contributed by atoms with van der Waals surface area (Å²) in [4.78, 5) is 34.6. The quantitative estimate of drug-likeness (QED) is 0.348. The van der Waals surface area contributed by atoms with Crippen LogP contribution in [0.3, 0.4) is 0 Å². The number of methoxy groups -OCH3 is 1. The number of hydrogen-bond acceptors (Lipinski definition) is 7. The molecule has 0 spiro atoms. The molecule has 10 nitrogen and oxygen atoms in total. The smallest absolute Gasteiger partial charge is 0.337 e. The monoisotopic (exact) mass is 428 g/mol. The van der Waals surface area contributed by atoms with Gasteiger partial charge in [0.25, 0.3) is 5.91 Å². The highest BCUT2D eigenvalue weighted by atomic mass is 19.1. The van der Waals surface area contributed by atoms with Crippen LogP contribution in [0.25, 0.3) is 5.69 Å². The van der Waals surface area contributed by atoms with Crippen molar-refractivity contribution in [1.82, 2.24) is 9.78 Å². The van der Waals surface area contributed by atoms with Crippen LogP contribution in [-0.2, 0) is 9.53 Å². The molecule has 0 bridgehead atoms. The van der Waals surface area contributed by atoms with E-state index in [1.165, 1.54) is 42.1 Å². The van der Waals surface area contributed by atoms with E-state index in [0.717, 1.165) is 12.1 Å². The molecule has 1 N–H and O–H groups in total. The zero-order valence-electron chi connectivity index (χ0n) is 16.5. The summed E-state index contributed by atoms with van der Waals surface area (Å²) < 4.78 is 24.5. The van der Waals surface area contributed by atoms with Crippen molar-refractivity contribution in [2.45, 2.75) is 6.92 Å². The molecule has 0 unspecified atom stereocenters. The molecule has 31 heavy (non-hydrogen) atoms. The Kier molecular flexibility index (Phi) is 6.24. The van der Waals surface area contributed by atoms with E-state index in [0.29, 0.717) is 17.2 Å². The minimum atomic E-state index is -0.706. The van der Waals surface area contributed by atoms with Crippen LogP contribution in [-0.4, -0.2) is 40.3 Å². The fourth-order valence-electron chi connectivity index (χ4n) is 2.72. The zero-order chi connectivity index (χ0) is 22.5. The van der Waals surface area contributed by atoms with Gasteiger partial charge in [0.1, 0.15) is 11.6 Å². The molecule has 0 atom stereocenters. The van der Waals surface area contributed by atoms with Crippen molar-refractivity contribution in [3.63, 3.8) is 0 Å². The third kappa shape index (κ3) is 5.01. The number of ether oxygens (including phenoxy) is 2. The van der Waals surface area contributed by atoms with E-state index < -0.39 is 34.9 Å². The largest absolute Gasteiger partial charge is 0.477 e. The van der Waals surface area contributed by atoms with Gasteiger partial charge >= 0.3 is 11.7 Å². The Balaban J connectivity index is 1.76. The molecule has 1 heterocycles. The van der Waals surface area contributed by atoms with Crippen LogP contribution in [0.2, 0.25) is 0 Å².